The highest BCUT2D eigenvalue weighted by molar-refractivity contribution is 5.76. The van der Waals surface area contributed by atoms with Gasteiger partial charge in [0.05, 0.1) is 11.7 Å². The molecule has 0 saturated heterocycles. The van der Waals surface area contributed by atoms with Gasteiger partial charge in [-0.3, -0.25) is 4.79 Å². The SMILES string of the molecule is Cc1nc(-c2ccc(=O)n(C(C)C)n2)c(-c2ccccc2)nc1O. The molecular weight excluding hydrogens is 304 g/mol. The van der Waals surface area contributed by atoms with Crippen molar-refractivity contribution in [2.75, 3.05) is 0 Å². The minimum absolute atomic E-state index is 0.0659. The standard InChI is InChI=1S/C18H18N4O2/c1-11(2)22-15(23)10-9-14(21-22)17-16(13-7-5-4-6-8-13)20-18(24)12(3)19-17/h4-11H,1-3H3,(H,20,24). The number of aromatic hydroxyl groups is 1. The summed E-state index contributed by atoms with van der Waals surface area (Å²) in [7, 11) is 0. The molecule has 0 saturated carbocycles. The van der Waals surface area contributed by atoms with E-state index in [0.29, 0.717) is 22.8 Å². The first-order valence-corrected chi connectivity index (χ1v) is 7.70. The van der Waals surface area contributed by atoms with Gasteiger partial charge in [0, 0.05) is 11.6 Å². The van der Waals surface area contributed by atoms with Gasteiger partial charge in [-0.05, 0) is 26.8 Å². The van der Waals surface area contributed by atoms with Crippen LogP contribution < -0.4 is 5.56 Å². The van der Waals surface area contributed by atoms with Crippen LogP contribution in [0.15, 0.2) is 47.3 Å². The topological polar surface area (TPSA) is 80.9 Å². The van der Waals surface area contributed by atoms with Crippen LogP contribution in [-0.2, 0) is 0 Å². The highest BCUT2D eigenvalue weighted by Gasteiger charge is 2.17. The summed E-state index contributed by atoms with van der Waals surface area (Å²) in [6.07, 6.45) is 0. The molecule has 122 valence electrons. The van der Waals surface area contributed by atoms with E-state index in [1.165, 1.54) is 10.7 Å². The molecular formula is C18H18N4O2. The van der Waals surface area contributed by atoms with Crippen LogP contribution in [0.3, 0.4) is 0 Å². The van der Waals surface area contributed by atoms with Crippen LogP contribution in [0.5, 0.6) is 5.88 Å². The van der Waals surface area contributed by atoms with Crippen molar-refractivity contribution < 1.29 is 5.11 Å². The van der Waals surface area contributed by atoms with Crippen molar-refractivity contribution in [2.24, 2.45) is 0 Å². The van der Waals surface area contributed by atoms with E-state index in [1.807, 2.05) is 44.2 Å². The molecule has 0 radical (unpaired) electrons. The summed E-state index contributed by atoms with van der Waals surface area (Å²) in [6.45, 7) is 5.47. The fourth-order valence-corrected chi connectivity index (χ4v) is 2.41. The second kappa shape index (κ2) is 6.23. The first kappa shape index (κ1) is 15.9. The van der Waals surface area contributed by atoms with Gasteiger partial charge >= 0.3 is 0 Å². The second-order valence-corrected chi connectivity index (χ2v) is 5.79. The molecule has 1 aromatic carbocycles. The lowest BCUT2D eigenvalue weighted by molar-refractivity contribution is 0.446. The second-order valence-electron chi connectivity index (χ2n) is 5.79. The quantitative estimate of drug-likeness (QED) is 0.802. The maximum absolute atomic E-state index is 11.9. The number of nitrogens with zero attached hydrogens (tertiary/aromatic N) is 4. The monoisotopic (exact) mass is 322 g/mol. The highest BCUT2D eigenvalue weighted by Crippen LogP contribution is 2.30. The molecule has 0 spiro atoms. The molecule has 0 aliphatic rings. The van der Waals surface area contributed by atoms with Crippen LogP contribution in [0.1, 0.15) is 25.6 Å². The summed E-state index contributed by atoms with van der Waals surface area (Å²) in [4.78, 5) is 20.7. The molecule has 0 bridgehead atoms. The Morgan fingerprint density at radius 3 is 2.38 bits per heavy atom. The zero-order valence-corrected chi connectivity index (χ0v) is 13.8. The van der Waals surface area contributed by atoms with E-state index in [-0.39, 0.29) is 17.5 Å². The Bertz CT molecular complexity index is 933. The summed E-state index contributed by atoms with van der Waals surface area (Å²) in [5, 5.41) is 14.4. The smallest absolute Gasteiger partial charge is 0.267 e. The lowest BCUT2D eigenvalue weighted by Crippen LogP contribution is -2.24. The molecule has 0 amide bonds. The van der Waals surface area contributed by atoms with Crippen molar-refractivity contribution in [2.45, 2.75) is 26.8 Å². The van der Waals surface area contributed by atoms with Gasteiger partial charge in [-0.25, -0.2) is 14.6 Å². The highest BCUT2D eigenvalue weighted by atomic mass is 16.3. The summed E-state index contributed by atoms with van der Waals surface area (Å²) in [6, 6.07) is 12.5. The summed E-state index contributed by atoms with van der Waals surface area (Å²) in [5.74, 6) is -0.116. The molecule has 1 N–H and O–H groups in total. The third-order valence-electron chi connectivity index (χ3n) is 3.65. The Hall–Kier alpha value is -3.02. The van der Waals surface area contributed by atoms with Crippen LogP contribution in [0.2, 0.25) is 0 Å². The van der Waals surface area contributed by atoms with Gasteiger partial charge in [0.15, 0.2) is 0 Å². The predicted octanol–water partition coefficient (Wildman–Crippen LogP) is 2.96. The Kier molecular flexibility index (Phi) is 4.12. The first-order chi connectivity index (χ1) is 11.5. The molecule has 0 aliphatic carbocycles. The minimum atomic E-state index is -0.168. The number of rotatable bonds is 3. The van der Waals surface area contributed by atoms with Gasteiger partial charge in [-0.1, -0.05) is 30.3 Å². The number of benzene rings is 1. The van der Waals surface area contributed by atoms with Gasteiger partial charge < -0.3 is 5.11 Å². The van der Waals surface area contributed by atoms with Crippen LogP contribution in [0, 0.1) is 6.92 Å². The van der Waals surface area contributed by atoms with Crippen molar-refractivity contribution in [1.82, 2.24) is 19.7 Å². The molecule has 0 aliphatic heterocycles. The molecule has 0 atom stereocenters. The lowest BCUT2D eigenvalue weighted by Gasteiger charge is -2.13. The Morgan fingerprint density at radius 1 is 1.00 bits per heavy atom. The Labute approximate surface area is 139 Å². The Balaban J connectivity index is 2.27. The molecule has 3 rings (SSSR count). The zero-order chi connectivity index (χ0) is 17.3. The van der Waals surface area contributed by atoms with E-state index in [9.17, 15) is 9.90 Å². The van der Waals surface area contributed by atoms with E-state index >= 15 is 0 Å². The number of aromatic nitrogens is 4. The molecule has 3 aromatic rings. The van der Waals surface area contributed by atoms with E-state index in [1.54, 1.807) is 13.0 Å². The number of hydrogen-bond donors (Lipinski definition) is 1. The molecule has 2 aromatic heterocycles. The molecule has 2 heterocycles. The van der Waals surface area contributed by atoms with E-state index in [2.05, 4.69) is 15.1 Å². The number of hydrogen-bond acceptors (Lipinski definition) is 5. The van der Waals surface area contributed by atoms with Gasteiger partial charge in [0.2, 0.25) is 5.88 Å². The minimum Gasteiger partial charge on any atom is -0.492 e. The normalized spacial score (nSPS) is 11.0. The average molecular weight is 322 g/mol. The van der Waals surface area contributed by atoms with Crippen molar-refractivity contribution in [3.05, 3.63) is 58.5 Å². The van der Waals surface area contributed by atoms with Crippen molar-refractivity contribution >= 4 is 0 Å². The molecule has 0 unspecified atom stereocenters. The van der Waals surface area contributed by atoms with E-state index in [4.69, 9.17) is 0 Å². The maximum atomic E-state index is 11.9. The van der Waals surface area contributed by atoms with Crippen LogP contribution in [0.25, 0.3) is 22.6 Å². The molecule has 6 heteroatoms. The molecule has 0 fully saturated rings. The van der Waals surface area contributed by atoms with E-state index in [0.717, 1.165) is 5.56 Å². The summed E-state index contributed by atoms with van der Waals surface area (Å²) in [5.41, 5.74) is 2.66. The average Bonchev–Trinajstić information content (AvgIpc) is 2.58. The maximum Gasteiger partial charge on any atom is 0.267 e. The van der Waals surface area contributed by atoms with Gasteiger partial charge in [0.25, 0.3) is 5.56 Å². The predicted molar refractivity (Wildman–Crippen MR) is 91.7 cm³/mol. The first-order valence-electron chi connectivity index (χ1n) is 7.70. The van der Waals surface area contributed by atoms with E-state index < -0.39 is 0 Å². The largest absolute Gasteiger partial charge is 0.492 e. The summed E-state index contributed by atoms with van der Waals surface area (Å²) < 4.78 is 1.41. The fourth-order valence-electron chi connectivity index (χ4n) is 2.41. The zero-order valence-electron chi connectivity index (χ0n) is 13.8. The van der Waals surface area contributed by atoms with Crippen molar-refractivity contribution in [3.63, 3.8) is 0 Å². The molecule has 24 heavy (non-hydrogen) atoms. The van der Waals surface area contributed by atoms with Crippen molar-refractivity contribution in [1.29, 1.82) is 0 Å². The third-order valence-corrected chi connectivity index (χ3v) is 3.65. The summed E-state index contributed by atoms with van der Waals surface area (Å²) >= 11 is 0. The van der Waals surface area contributed by atoms with Crippen molar-refractivity contribution in [3.8, 4) is 28.5 Å². The van der Waals surface area contributed by atoms with Crippen LogP contribution in [0.4, 0.5) is 0 Å². The van der Waals surface area contributed by atoms with Gasteiger partial charge in [-0.15, -0.1) is 0 Å². The molecule has 6 nitrogen and oxygen atoms in total. The van der Waals surface area contributed by atoms with Crippen LogP contribution >= 0.6 is 0 Å². The van der Waals surface area contributed by atoms with Crippen LogP contribution in [-0.4, -0.2) is 24.9 Å². The lowest BCUT2D eigenvalue weighted by atomic mass is 10.1. The van der Waals surface area contributed by atoms with Gasteiger partial charge in [-0.2, -0.15) is 5.10 Å². The fraction of sp³-hybridized carbons (Fsp3) is 0.222. The third kappa shape index (κ3) is 2.90. The van der Waals surface area contributed by atoms with Gasteiger partial charge in [0.1, 0.15) is 17.1 Å². The number of aryl methyl sites for hydroxylation is 1. The Morgan fingerprint density at radius 2 is 1.71 bits per heavy atom.